The minimum absolute atomic E-state index is 0.0726. The van der Waals surface area contributed by atoms with Crippen LogP contribution < -0.4 is 9.80 Å². The van der Waals surface area contributed by atoms with Gasteiger partial charge in [-0.15, -0.1) is 0 Å². The number of carbonyl (C=O) groups excluding carboxylic acids is 1. The fraction of sp³-hybridized carbons (Fsp3) is 0.346. The maximum absolute atomic E-state index is 13.0. The summed E-state index contributed by atoms with van der Waals surface area (Å²) in [6.45, 7) is 4.99. The van der Waals surface area contributed by atoms with Crippen molar-refractivity contribution in [1.82, 2.24) is 14.9 Å². The number of hydrogen-bond acceptors (Lipinski definition) is 6. The Morgan fingerprint density at radius 2 is 1.60 bits per heavy atom. The molecule has 2 aliphatic rings. The maximum atomic E-state index is 13.0. The van der Waals surface area contributed by atoms with Crippen molar-refractivity contribution in [2.24, 2.45) is 0 Å². The molecule has 0 radical (unpaired) electrons. The van der Waals surface area contributed by atoms with Crippen molar-refractivity contribution >= 4 is 52.4 Å². The molecule has 2 aromatic carbocycles. The lowest BCUT2D eigenvalue weighted by Crippen LogP contribution is -2.48. The van der Waals surface area contributed by atoms with Gasteiger partial charge in [0.15, 0.2) is 5.16 Å². The van der Waals surface area contributed by atoms with E-state index < -0.39 is 0 Å². The fourth-order valence-corrected chi connectivity index (χ4v) is 5.69. The van der Waals surface area contributed by atoms with E-state index in [1.165, 1.54) is 12.8 Å². The molecular weight excluding hydrogens is 501 g/mol. The molecule has 0 unspecified atom stereocenters. The van der Waals surface area contributed by atoms with Crippen LogP contribution in [-0.2, 0) is 5.75 Å². The normalized spacial score (nSPS) is 16.1. The highest BCUT2D eigenvalue weighted by Crippen LogP contribution is 2.27. The average molecular weight is 529 g/mol. The third kappa shape index (κ3) is 6.02. The standard InChI is InChI=1S/C26H27Cl2N5OS/c27-21-4-3-5-22(16-21)31-12-14-33(15-13-31)25(34)20-8-6-19(7-9-20)18-35-26-29-23(28)17-24(30-26)32-10-1-2-11-32/h3-9,16-17H,1-2,10-15,18H2. The molecule has 2 saturated heterocycles. The van der Waals surface area contributed by atoms with Gasteiger partial charge < -0.3 is 14.7 Å². The molecule has 2 fully saturated rings. The highest BCUT2D eigenvalue weighted by atomic mass is 35.5. The first-order chi connectivity index (χ1) is 17.0. The average Bonchev–Trinajstić information content (AvgIpc) is 3.43. The van der Waals surface area contributed by atoms with Gasteiger partial charge in [0.05, 0.1) is 0 Å². The molecule has 182 valence electrons. The van der Waals surface area contributed by atoms with Gasteiger partial charge in [-0.1, -0.05) is 53.2 Å². The van der Waals surface area contributed by atoms with Crippen LogP contribution in [0.2, 0.25) is 10.2 Å². The molecule has 3 aromatic rings. The van der Waals surface area contributed by atoms with Crippen molar-refractivity contribution < 1.29 is 4.79 Å². The van der Waals surface area contributed by atoms with Gasteiger partial charge in [-0.05, 0) is 48.7 Å². The third-order valence-corrected chi connectivity index (χ3v) is 7.75. The monoisotopic (exact) mass is 527 g/mol. The summed E-state index contributed by atoms with van der Waals surface area (Å²) in [6.07, 6.45) is 2.37. The SMILES string of the molecule is O=C(c1ccc(CSc2nc(Cl)cc(N3CCCC3)n2)cc1)N1CCN(c2cccc(Cl)c2)CC1. The Kier molecular flexibility index (Phi) is 7.66. The Bertz CT molecular complexity index is 1180. The van der Waals surface area contributed by atoms with Crippen molar-refractivity contribution in [3.05, 3.63) is 75.9 Å². The first-order valence-electron chi connectivity index (χ1n) is 11.9. The Balaban J connectivity index is 1.15. The lowest BCUT2D eigenvalue weighted by atomic mass is 10.1. The smallest absolute Gasteiger partial charge is 0.253 e. The van der Waals surface area contributed by atoms with Crippen LogP contribution >= 0.6 is 35.0 Å². The molecule has 0 atom stereocenters. The third-order valence-electron chi connectivity index (χ3n) is 6.40. The zero-order chi connectivity index (χ0) is 24.2. The minimum Gasteiger partial charge on any atom is -0.368 e. The van der Waals surface area contributed by atoms with Gasteiger partial charge in [-0.2, -0.15) is 0 Å². The number of piperazine rings is 1. The second-order valence-corrected chi connectivity index (χ2v) is 10.5. The zero-order valence-corrected chi connectivity index (χ0v) is 21.7. The molecular formula is C26H27Cl2N5OS. The van der Waals surface area contributed by atoms with Crippen LogP contribution in [-0.4, -0.2) is 60.0 Å². The van der Waals surface area contributed by atoms with E-state index in [-0.39, 0.29) is 5.91 Å². The van der Waals surface area contributed by atoms with E-state index in [4.69, 9.17) is 28.2 Å². The van der Waals surface area contributed by atoms with Gasteiger partial charge in [0.2, 0.25) is 0 Å². The highest BCUT2D eigenvalue weighted by Gasteiger charge is 2.22. The van der Waals surface area contributed by atoms with E-state index in [2.05, 4.69) is 20.9 Å². The number of anilines is 2. The fourth-order valence-electron chi connectivity index (χ4n) is 4.47. The van der Waals surface area contributed by atoms with Gasteiger partial charge >= 0.3 is 0 Å². The van der Waals surface area contributed by atoms with Crippen LogP contribution in [0.15, 0.2) is 59.8 Å². The Morgan fingerprint density at radius 1 is 0.857 bits per heavy atom. The Labute approximate surface area is 220 Å². The number of rotatable bonds is 6. The second-order valence-electron chi connectivity index (χ2n) is 8.77. The molecule has 0 spiro atoms. The predicted molar refractivity (Wildman–Crippen MR) is 144 cm³/mol. The molecule has 1 aromatic heterocycles. The number of hydrogen-bond donors (Lipinski definition) is 0. The lowest BCUT2D eigenvalue weighted by molar-refractivity contribution is 0.0747. The molecule has 1 amide bonds. The summed E-state index contributed by atoms with van der Waals surface area (Å²) < 4.78 is 0. The molecule has 5 rings (SSSR count). The topological polar surface area (TPSA) is 52.6 Å². The van der Waals surface area contributed by atoms with Crippen molar-refractivity contribution in [2.75, 3.05) is 49.1 Å². The summed E-state index contributed by atoms with van der Waals surface area (Å²) in [5, 5.41) is 1.88. The summed E-state index contributed by atoms with van der Waals surface area (Å²) in [7, 11) is 0. The van der Waals surface area contributed by atoms with Gasteiger partial charge in [0.1, 0.15) is 11.0 Å². The van der Waals surface area contributed by atoms with Crippen LogP contribution in [0.25, 0.3) is 0 Å². The van der Waals surface area contributed by atoms with Crippen LogP contribution in [0.3, 0.4) is 0 Å². The molecule has 6 nitrogen and oxygen atoms in total. The van der Waals surface area contributed by atoms with Crippen LogP contribution in [0, 0.1) is 0 Å². The molecule has 3 heterocycles. The molecule has 0 bridgehead atoms. The molecule has 35 heavy (non-hydrogen) atoms. The Morgan fingerprint density at radius 3 is 2.31 bits per heavy atom. The van der Waals surface area contributed by atoms with E-state index >= 15 is 0 Å². The summed E-state index contributed by atoms with van der Waals surface area (Å²) in [5.41, 5.74) is 2.93. The first-order valence-corrected chi connectivity index (χ1v) is 13.6. The molecule has 9 heteroatoms. The van der Waals surface area contributed by atoms with Crippen LogP contribution in [0.1, 0.15) is 28.8 Å². The van der Waals surface area contributed by atoms with Crippen molar-refractivity contribution in [2.45, 2.75) is 23.8 Å². The van der Waals surface area contributed by atoms with Crippen molar-refractivity contribution in [3.63, 3.8) is 0 Å². The number of halogens is 2. The number of benzene rings is 2. The molecule has 2 aliphatic heterocycles. The number of nitrogens with zero attached hydrogens (tertiary/aromatic N) is 5. The van der Waals surface area contributed by atoms with E-state index in [1.54, 1.807) is 11.8 Å². The van der Waals surface area contributed by atoms with E-state index in [0.717, 1.165) is 48.3 Å². The number of amides is 1. The van der Waals surface area contributed by atoms with E-state index in [0.29, 0.717) is 34.7 Å². The molecule has 0 saturated carbocycles. The number of aromatic nitrogens is 2. The van der Waals surface area contributed by atoms with Crippen LogP contribution in [0.5, 0.6) is 0 Å². The number of carbonyl (C=O) groups is 1. The van der Waals surface area contributed by atoms with Gasteiger partial charge in [0.25, 0.3) is 5.91 Å². The van der Waals surface area contributed by atoms with Gasteiger partial charge in [-0.3, -0.25) is 4.79 Å². The summed E-state index contributed by atoms with van der Waals surface area (Å²) in [5.74, 6) is 1.69. The van der Waals surface area contributed by atoms with Crippen LogP contribution in [0.4, 0.5) is 11.5 Å². The van der Waals surface area contributed by atoms with Crippen molar-refractivity contribution in [1.29, 1.82) is 0 Å². The quantitative estimate of drug-likeness (QED) is 0.235. The summed E-state index contributed by atoms with van der Waals surface area (Å²) in [6, 6.07) is 17.5. The maximum Gasteiger partial charge on any atom is 0.253 e. The first kappa shape index (κ1) is 24.2. The highest BCUT2D eigenvalue weighted by molar-refractivity contribution is 7.98. The summed E-state index contributed by atoms with van der Waals surface area (Å²) >= 11 is 13.9. The lowest BCUT2D eigenvalue weighted by Gasteiger charge is -2.36. The Hall–Kier alpha value is -2.48. The minimum atomic E-state index is 0.0726. The second kappa shape index (κ2) is 11.1. The largest absolute Gasteiger partial charge is 0.368 e. The van der Waals surface area contributed by atoms with Crippen molar-refractivity contribution in [3.8, 4) is 0 Å². The van der Waals surface area contributed by atoms with E-state index in [9.17, 15) is 4.79 Å². The summed E-state index contributed by atoms with van der Waals surface area (Å²) in [4.78, 5) is 28.5. The zero-order valence-electron chi connectivity index (χ0n) is 19.4. The predicted octanol–water partition coefficient (Wildman–Crippen LogP) is 5.64. The van der Waals surface area contributed by atoms with Gasteiger partial charge in [0, 0.05) is 67.4 Å². The van der Waals surface area contributed by atoms with Gasteiger partial charge in [-0.25, -0.2) is 9.97 Å². The number of thioether (sulfide) groups is 1. The molecule has 0 N–H and O–H groups in total. The van der Waals surface area contributed by atoms with E-state index in [1.807, 2.05) is 53.4 Å². The molecule has 0 aliphatic carbocycles.